The summed E-state index contributed by atoms with van der Waals surface area (Å²) in [5.74, 6) is 0.269. The zero-order chi connectivity index (χ0) is 12.5. The minimum absolute atomic E-state index is 0.269. The fourth-order valence-electron chi connectivity index (χ4n) is 1.69. The Bertz CT molecular complexity index is 552. The van der Waals surface area contributed by atoms with Crippen LogP contribution in [-0.2, 0) is 11.2 Å². The first kappa shape index (κ1) is 11.8. The molecule has 0 aliphatic heterocycles. The van der Waals surface area contributed by atoms with E-state index in [-0.39, 0.29) is 11.2 Å². The third-order valence-electron chi connectivity index (χ3n) is 2.91. The van der Waals surface area contributed by atoms with Gasteiger partial charge in [-0.2, -0.15) is 0 Å². The normalized spacial score (nSPS) is 11.7. The Morgan fingerprint density at radius 2 is 1.94 bits per heavy atom. The zero-order valence-corrected chi connectivity index (χ0v) is 10.5. The highest BCUT2D eigenvalue weighted by molar-refractivity contribution is 5.88. The van der Waals surface area contributed by atoms with Crippen LogP contribution in [0.3, 0.4) is 0 Å². The van der Waals surface area contributed by atoms with Crippen molar-refractivity contribution in [1.29, 1.82) is 0 Å². The lowest BCUT2D eigenvalue weighted by Gasteiger charge is -2.16. The van der Waals surface area contributed by atoms with E-state index < -0.39 is 0 Å². The second-order valence-electron chi connectivity index (χ2n) is 5.41. The van der Waals surface area contributed by atoms with Gasteiger partial charge in [-0.25, -0.2) is 0 Å². The molecular weight excluding hydrogens is 210 g/mol. The van der Waals surface area contributed by atoms with Crippen molar-refractivity contribution in [3.05, 3.63) is 42.2 Å². The summed E-state index contributed by atoms with van der Waals surface area (Å²) in [4.78, 5) is 16.0. The molecule has 1 aromatic heterocycles. The number of carbonyl (C=O) groups is 1. The minimum atomic E-state index is -0.271. The molecule has 0 radical (unpaired) electrons. The number of carbonyl (C=O) groups excluding carboxylic acids is 1. The van der Waals surface area contributed by atoms with Gasteiger partial charge in [0.1, 0.15) is 5.78 Å². The lowest BCUT2D eigenvalue weighted by molar-refractivity contribution is -0.125. The molecule has 0 saturated carbocycles. The number of hydrogen-bond acceptors (Lipinski definition) is 2. The maximum Gasteiger partial charge on any atom is 0.142 e. The topological polar surface area (TPSA) is 30.0 Å². The van der Waals surface area contributed by atoms with Crippen molar-refractivity contribution in [2.24, 2.45) is 5.41 Å². The molecule has 0 amide bonds. The van der Waals surface area contributed by atoms with E-state index in [9.17, 15) is 4.79 Å². The molecule has 1 aromatic carbocycles. The molecule has 0 unspecified atom stereocenters. The molecule has 2 nitrogen and oxygen atoms in total. The molecule has 2 heteroatoms. The molecule has 0 saturated heterocycles. The number of rotatable bonds is 2. The highest BCUT2D eigenvalue weighted by atomic mass is 16.1. The first-order valence-corrected chi connectivity index (χ1v) is 5.83. The number of benzene rings is 1. The molecular formula is C15H17NO. The van der Waals surface area contributed by atoms with Crippen LogP contribution >= 0.6 is 0 Å². The van der Waals surface area contributed by atoms with Crippen LogP contribution in [0.2, 0.25) is 0 Å². The lowest BCUT2D eigenvalue weighted by Crippen LogP contribution is -2.22. The van der Waals surface area contributed by atoms with Gasteiger partial charge in [0.05, 0.1) is 0 Å². The number of nitrogens with zero attached hydrogens (tertiary/aromatic N) is 1. The fourth-order valence-corrected chi connectivity index (χ4v) is 1.69. The molecule has 88 valence electrons. The SMILES string of the molecule is CC(C)(C)C(=O)Cc1ccc2cnccc2c1. The smallest absolute Gasteiger partial charge is 0.142 e. The molecule has 0 spiro atoms. The summed E-state index contributed by atoms with van der Waals surface area (Å²) in [6, 6.07) is 8.07. The molecule has 2 rings (SSSR count). The third-order valence-corrected chi connectivity index (χ3v) is 2.91. The van der Waals surface area contributed by atoms with E-state index >= 15 is 0 Å². The molecule has 2 aromatic rings. The molecule has 0 aliphatic rings. The van der Waals surface area contributed by atoms with E-state index in [4.69, 9.17) is 0 Å². The predicted octanol–water partition coefficient (Wildman–Crippen LogP) is 3.39. The Morgan fingerprint density at radius 3 is 2.65 bits per heavy atom. The van der Waals surface area contributed by atoms with Crippen molar-refractivity contribution < 1.29 is 4.79 Å². The van der Waals surface area contributed by atoms with E-state index in [2.05, 4.69) is 11.1 Å². The number of pyridine rings is 1. The Balaban J connectivity index is 2.29. The molecule has 0 N–H and O–H groups in total. The largest absolute Gasteiger partial charge is 0.299 e. The van der Waals surface area contributed by atoms with Gasteiger partial charge in [0.25, 0.3) is 0 Å². The molecule has 1 heterocycles. The number of fused-ring (bicyclic) bond motifs is 1. The second-order valence-corrected chi connectivity index (χ2v) is 5.41. The van der Waals surface area contributed by atoms with Crippen LogP contribution in [0.15, 0.2) is 36.7 Å². The van der Waals surface area contributed by atoms with Gasteiger partial charge in [-0.1, -0.05) is 39.0 Å². The van der Waals surface area contributed by atoms with Gasteiger partial charge in [0, 0.05) is 29.6 Å². The molecule has 0 aliphatic carbocycles. The monoisotopic (exact) mass is 227 g/mol. The van der Waals surface area contributed by atoms with Crippen LogP contribution in [-0.4, -0.2) is 10.8 Å². The third kappa shape index (κ3) is 2.70. The summed E-state index contributed by atoms with van der Waals surface area (Å²) in [6.07, 6.45) is 4.12. The van der Waals surface area contributed by atoms with Crippen molar-refractivity contribution in [3.8, 4) is 0 Å². The van der Waals surface area contributed by atoms with Gasteiger partial charge in [0.2, 0.25) is 0 Å². The van der Waals surface area contributed by atoms with E-state index in [1.54, 1.807) is 6.20 Å². The zero-order valence-electron chi connectivity index (χ0n) is 10.5. The highest BCUT2D eigenvalue weighted by Gasteiger charge is 2.20. The van der Waals surface area contributed by atoms with E-state index in [0.29, 0.717) is 6.42 Å². The van der Waals surface area contributed by atoms with Gasteiger partial charge in [0.15, 0.2) is 0 Å². The lowest BCUT2D eigenvalue weighted by atomic mass is 9.87. The van der Waals surface area contributed by atoms with Crippen LogP contribution in [0.1, 0.15) is 26.3 Å². The molecule has 17 heavy (non-hydrogen) atoms. The standard InChI is InChI=1S/C15H17NO/c1-15(2,3)14(17)9-11-4-5-13-10-16-7-6-12(13)8-11/h4-8,10H,9H2,1-3H3. The first-order valence-electron chi connectivity index (χ1n) is 5.83. The summed E-state index contributed by atoms with van der Waals surface area (Å²) < 4.78 is 0. The molecule has 0 bridgehead atoms. The van der Waals surface area contributed by atoms with Crippen LogP contribution in [0.4, 0.5) is 0 Å². The molecule has 0 atom stereocenters. The summed E-state index contributed by atoms with van der Waals surface area (Å²) in [5.41, 5.74) is 0.802. The van der Waals surface area contributed by atoms with Crippen LogP contribution < -0.4 is 0 Å². The van der Waals surface area contributed by atoms with Crippen LogP contribution in [0, 0.1) is 5.41 Å². The van der Waals surface area contributed by atoms with E-state index in [1.807, 2.05) is 45.2 Å². The molecule has 0 fully saturated rings. The average molecular weight is 227 g/mol. The summed E-state index contributed by atoms with van der Waals surface area (Å²) in [5, 5.41) is 2.25. The Morgan fingerprint density at radius 1 is 1.18 bits per heavy atom. The second kappa shape index (κ2) is 4.28. The maximum absolute atomic E-state index is 12.0. The number of Topliss-reactive ketones (excluding diaryl/α,β-unsaturated/α-hetero) is 1. The maximum atomic E-state index is 12.0. The average Bonchev–Trinajstić information content (AvgIpc) is 2.27. The first-order chi connectivity index (χ1) is 7.97. The van der Waals surface area contributed by atoms with Gasteiger partial charge >= 0.3 is 0 Å². The van der Waals surface area contributed by atoms with Crippen molar-refractivity contribution >= 4 is 16.6 Å². The highest BCUT2D eigenvalue weighted by Crippen LogP contribution is 2.20. The fraction of sp³-hybridized carbons (Fsp3) is 0.333. The number of ketones is 1. The van der Waals surface area contributed by atoms with Crippen molar-refractivity contribution in [2.75, 3.05) is 0 Å². The van der Waals surface area contributed by atoms with Crippen molar-refractivity contribution in [1.82, 2.24) is 4.98 Å². The summed E-state index contributed by atoms with van der Waals surface area (Å²) >= 11 is 0. The van der Waals surface area contributed by atoms with E-state index in [0.717, 1.165) is 16.3 Å². The summed E-state index contributed by atoms with van der Waals surface area (Å²) in [6.45, 7) is 5.88. The van der Waals surface area contributed by atoms with Crippen LogP contribution in [0.5, 0.6) is 0 Å². The van der Waals surface area contributed by atoms with Gasteiger partial charge in [-0.15, -0.1) is 0 Å². The van der Waals surface area contributed by atoms with Crippen molar-refractivity contribution in [3.63, 3.8) is 0 Å². The predicted molar refractivity (Wildman–Crippen MR) is 69.9 cm³/mol. The Kier molecular flexibility index (Phi) is 2.97. The van der Waals surface area contributed by atoms with Crippen LogP contribution in [0.25, 0.3) is 10.8 Å². The van der Waals surface area contributed by atoms with Gasteiger partial charge < -0.3 is 0 Å². The Hall–Kier alpha value is -1.70. The Labute approximate surface area is 102 Å². The van der Waals surface area contributed by atoms with Gasteiger partial charge in [-0.3, -0.25) is 9.78 Å². The number of aromatic nitrogens is 1. The van der Waals surface area contributed by atoms with E-state index in [1.165, 1.54) is 0 Å². The minimum Gasteiger partial charge on any atom is -0.299 e. The quantitative estimate of drug-likeness (QED) is 0.787. The van der Waals surface area contributed by atoms with Crippen molar-refractivity contribution in [2.45, 2.75) is 27.2 Å². The van der Waals surface area contributed by atoms with Gasteiger partial charge in [-0.05, 0) is 17.0 Å². The number of hydrogen-bond donors (Lipinski definition) is 0. The summed E-state index contributed by atoms with van der Waals surface area (Å²) in [7, 11) is 0.